The summed E-state index contributed by atoms with van der Waals surface area (Å²) in [5.41, 5.74) is 14.5. The van der Waals surface area contributed by atoms with Crippen LogP contribution in [0.2, 0.25) is 0 Å². The van der Waals surface area contributed by atoms with Crippen molar-refractivity contribution < 1.29 is 0 Å². The van der Waals surface area contributed by atoms with Gasteiger partial charge in [-0.15, -0.1) is 0 Å². The number of fused-ring (bicyclic) bond motifs is 5. The molecule has 216 valence electrons. The molecule has 0 nitrogen and oxygen atoms in total. The van der Waals surface area contributed by atoms with Crippen molar-refractivity contribution >= 4 is 22.5 Å². The lowest BCUT2D eigenvalue weighted by atomic mass is 9.43. The summed E-state index contributed by atoms with van der Waals surface area (Å²) in [6, 6.07) is 46.7. The first-order valence-electron chi connectivity index (χ1n) is 16.9. The monoisotopic (exact) mass is 594 g/mol. The van der Waals surface area contributed by atoms with E-state index in [0.29, 0.717) is 0 Å². The van der Waals surface area contributed by atoms with Crippen LogP contribution in [0.5, 0.6) is 0 Å². The van der Waals surface area contributed by atoms with Crippen LogP contribution >= 0.6 is 11.8 Å². The van der Waals surface area contributed by atoms with Gasteiger partial charge in [-0.1, -0.05) is 115 Å². The van der Waals surface area contributed by atoms with E-state index < -0.39 is 0 Å². The van der Waals surface area contributed by atoms with E-state index in [-0.39, 0.29) is 5.41 Å². The van der Waals surface area contributed by atoms with Gasteiger partial charge < -0.3 is 0 Å². The Kier molecular flexibility index (Phi) is 5.04. The third kappa shape index (κ3) is 3.30. The molecule has 0 amide bonds. The van der Waals surface area contributed by atoms with E-state index in [1.54, 1.807) is 11.1 Å². The minimum atomic E-state index is 0.218. The van der Waals surface area contributed by atoms with Crippen molar-refractivity contribution in [2.75, 3.05) is 0 Å². The third-order valence-corrected chi connectivity index (χ3v) is 13.6. The molecule has 0 aromatic heterocycles. The first-order valence-corrected chi connectivity index (χ1v) is 17.8. The van der Waals surface area contributed by atoms with Gasteiger partial charge in [0.2, 0.25) is 0 Å². The summed E-state index contributed by atoms with van der Waals surface area (Å²) in [6.07, 6.45) is 7.21. The largest absolute Gasteiger partial charge is 0.0888 e. The highest BCUT2D eigenvalue weighted by Gasteiger charge is 2.61. The van der Waals surface area contributed by atoms with Gasteiger partial charge in [0.1, 0.15) is 0 Å². The highest BCUT2D eigenvalue weighted by Crippen LogP contribution is 2.69. The number of hydrogen-bond donors (Lipinski definition) is 0. The highest BCUT2D eigenvalue weighted by molar-refractivity contribution is 7.99. The normalized spacial score (nSPS) is 26.2. The Morgan fingerprint density at radius 1 is 0.444 bits per heavy atom. The molecule has 12 rings (SSSR count). The van der Waals surface area contributed by atoms with Crippen LogP contribution in [0.15, 0.2) is 131 Å². The first-order chi connectivity index (χ1) is 22.3. The molecule has 0 saturated heterocycles. The average molecular weight is 595 g/mol. The topological polar surface area (TPSA) is 0 Å². The van der Waals surface area contributed by atoms with Crippen molar-refractivity contribution in [2.45, 2.75) is 47.3 Å². The lowest BCUT2D eigenvalue weighted by Gasteiger charge is -2.61. The minimum Gasteiger partial charge on any atom is -0.0888 e. The molecule has 6 aliphatic rings. The molecule has 5 aliphatic carbocycles. The molecule has 4 bridgehead atoms. The molecule has 1 spiro atoms. The predicted molar refractivity (Wildman–Crippen MR) is 188 cm³/mol. The molecule has 6 aromatic rings. The molecule has 0 N–H and O–H groups in total. The van der Waals surface area contributed by atoms with E-state index in [1.807, 2.05) is 11.8 Å². The van der Waals surface area contributed by atoms with Crippen LogP contribution in [0.3, 0.4) is 0 Å². The molecule has 45 heavy (non-hydrogen) atoms. The Labute approximate surface area is 269 Å². The predicted octanol–water partition coefficient (Wildman–Crippen LogP) is 12.0. The maximum absolute atomic E-state index is 2.61. The zero-order valence-electron chi connectivity index (χ0n) is 25.3. The van der Waals surface area contributed by atoms with Crippen molar-refractivity contribution in [2.24, 2.45) is 23.7 Å². The molecule has 0 radical (unpaired) electrons. The Morgan fingerprint density at radius 3 is 1.91 bits per heavy atom. The Bertz CT molecular complexity index is 2170. The molecule has 0 unspecified atom stereocenters. The van der Waals surface area contributed by atoms with Crippen molar-refractivity contribution in [1.82, 2.24) is 0 Å². The van der Waals surface area contributed by atoms with E-state index in [9.17, 15) is 0 Å². The Morgan fingerprint density at radius 2 is 1.09 bits per heavy atom. The van der Waals surface area contributed by atoms with Gasteiger partial charge >= 0.3 is 0 Å². The Hall–Kier alpha value is -4.07. The summed E-state index contributed by atoms with van der Waals surface area (Å²) in [5.74, 6) is 3.53. The second-order valence-corrected chi connectivity index (χ2v) is 15.6. The summed E-state index contributed by atoms with van der Waals surface area (Å²) in [7, 11) is 0. The molecular weight excluding hydrogens is 561 g/mol. The van der Waals surface area contributed by atoms with E-state index in [1.165, 1.54) is 97.2 Å². The van der Waals surface area contributed by atoms with E-state index >= 15 is 0 Å². The second kappa shape index (κ2) is 9.02. The van der Waals surface area contributed by atoms with Crippen LogP contribution in [0.1, 0.15) is 43.2 Å². The maximum atomic E-state index is 2.61. The zero-order chi connectivity index (χ0) is 29.3. The van der Waals surface area contributed by atoms with Gasteiger partial charge in [0, 0.05) is 20.6 Å². The van der Waals surface area contributed by atoms with Crippen LogP contribution in [0, 0.1) is 23.7 Å². The summed E-state index contributed by atoms with van der Waals surface area (Å²) < 4.78 is 0. The van der Waals surface area contributed by atoms with Crippen LogP contribution in [-0.4, -0.2) is 0 Å². The van der Waals surface area contributed by atoms with Crippen molar-refractivity contribution in [3.8, 4) is 44.5 Å². The summed E-state index contributed by atoms with van der Waals surface area (Å²) >= 11 is 1.90. The van der Waals surface area contributed by atoms with Crippen LogP contribution in [-0.2, 0) is 5.41 Å². The number of rotatable bonds is 2. The minimum absolute atomic E-state index is 0.218. The molecular formula is C44H34S. The fraction of sp³-hybridized carbons (Fsp3) is 0.227. The summed E-state index contributed by atoms with van der Waals surface area (Å²) in [6.45, 7) is 0. The lowest BCUT2D eigenvalue weighted by Crippen LogP contribution is -2.55. The summed E-state index contributed by atoms with van der Waals surface area (Å²) in [4.78, 5) is 2.71. The lowest BCUT2D eigenvalue weighted by molar-refractivity contribution is -0.0399. The second-order valence-electron chi connectivity index (χ2n) is 14.5. The van der Waals surface area contributed by atoms with Gasteiger partial charge in [0.15, 0.2) is 0 Å². The van der Waals surface area contributed by atoms with Crippen LogP contribution in [0.25, 0.3) is 55.3 Å². The van der Waals surface area contributed by atoms with Gasteiger partial charge in [0.25, 0.3) is 0 Å². The SMILES string of the molecule is c1ccc2c(c1)Sc1ccc(-c3ccc(-c4ccc5c(c4)C4(c6ccccc6-5)C5CC6CC(C5)CC4C6)cc3)c3cccc-2c13. The molecule has 0 atom stereocenters. The summed E-state index contributed by atoms with van der Waals surface area (Å²) in [5, 5.41) is 2.74. The maximum Gasteiger partial charge on any atom is 0.0272 e. The van der Waals surface area contributed by atoms with Crippen molar-refractivity contribution in [3.63, 3.8) is 0 Å². The average Bonchev–Trinajstić information content (AvgIpc) is 3.37. The number of benzene rings is 6. The van der Waals surface area contributed by atoms with Gasteiger partial charge in [-0.2, -0.15) is 0 Å². The van der Waals surface area contributed by atoms with Crippen molar-refractivity contribution in [1.29, 1.82) is 0 Å². The van der Waals surface area contributed by atoms with Gasteiger partial charge in [-0.25, -0.2) is 0 Å². The molecule has 1 aliphatic heterocycles. The smallest absolute Gasteiger partial charge is 0.0272 e. The number of hydrogen-bond acceptors (Lipinski definition) is 1. The first kappa shape index (κ1) is 25.2. The van der Waals surface area contributed by atoms with E-state index in [2.05, 4.69) is 121 Å². The third-order valence-electron chi connectivity index (χ3n) is 12.5. The molecule has 6 aromatic carbocycles. The van der Waals surface area contributed by atoms with E-state index in [0.717, 1.165) is 23.7 Å². The van der Waals surface area contributed by atoms with Gasteiger partial charge in [0.05, 0.1) is 0 Å². The quantitative estimate of drug-likeness (QED) is 0.192. The molecule has 4 fully saturated rings. The van der Waals surface area contributed by atoms with Crippen LogP contribution < -0.4 is 0 Å². The fourth-order valence-electron chi connectivity index (χ4n) is 11.0. The molecule has 1 heteroatoms. The molecule has 1 heterocycles. The Balaban J connectivity index is 1.01. The zero-order valence-corrected chi connectivity index (χ0v) is 26.1. The molecule has 4 saturated carbocycles. The fourth-order valence-corrected chi connectivity index (χ4v) is 12.1. The van der Waals surface area contributed by atoms with Crippen LogP contribution in [0.4, 0.5) is 0 Å². The van der Waals surface area contributed by atoms with Gasteiger partial charge in [-0.05, 0) is 135 Å². The van der Waals surface area contributed by atoms with Gasteiger partial charge in [-0.3, -0.25) is 0 Å². The van der Waals surface area contributed by atoms with E-state index in [4.69, 9.17) is 0 Å². The standard InChI is InChI=1S/C44H34S/c1-3-10-39-34(6-1)35-17-16-30(25-40(35)44(39)31-21-26-20-27(23-31)24-32(44)22-26)28-12-14-29(15-13-28)33-18-19-42-43-37(33)8-5-9-38(43)36-7-2-4-11-41(36)45-42/h1-19,25-27,31-32H,20-24H2. The van der Waals surface area contributed by atoms with Crippen molar-refractivity contribution in [3.05, 3.63) is 132 Å². The highest BCUT2D eigenvalue weighted by atomic mass is 32.2.